The minimum absolute atomic E-state index is 0.00349. The van der Waals surface area contributed by atoms with Crippen LogP contribution in [0.25, 0.3) is 21.2 Å². The number of fused-ring (bicyclic) bond motifs is 8. The van der Waals surface area contributed by atoms with Crippen LogP contribution in [0, 0.1) is 0 Å². The van der Waals surface area contributed by atoms with E-state index >= 15 is 0 Å². The van der Waals surface area contributed by atoms with Gasteiger partial charge in [-0.2, -0.15) is 0 Å². The topological polar surface area (TPSA) is 6.48 Å². The number of hydrogen-bond acceptors (Lipinski definition) is 3. The van der Waals surface area contributed by atoms with Gasteiger partial charge in [0.15, 0.2) is 0 Å². The highest BCUT2D eigenvalue weighted by atomic mass is 32.1. The number of hydrogen-bond donors (Lipinski definition) is 0. The second-order valence-electron chi connectivity index (χ2n) is 35.2. The Morgan fingerprint density at radius 2 is 0.881 bits per heavy atom. The second-order valence-corrected chi connectivity index (χ2v) is 36.2. The molecule has 0 saturated heterocycles. The van der Waals surface area contributed by atoms with Gasteiger partial charge in [0.2, 0.25) is 0 Å². The minimum atomic E-state index is -0.0621. The lowest BCUT2D eigenvalue weighted by atomic mass is 9.36. The minimum Gasteiger partial charge on any atom is -0.311 e. The Morgan fingerprint density at radius 1 is 0.429 bits per heavy atom. The van der Waals surface area contributed by atoms with Crippen LogP contribution in [0.5, 0.6) is 0 Å². The highest BCUT2D eigenvalue weighted by Crippen LogP contribution is 2.57. The van der Waals surface area contributed by atoms with Crippen LogP contribution < -0.4 is 25.5 Å². The molecule has 6 aromatic carbocycles. The summed E-state index contributed by atoms with van der Waals surface area (Å²) in [6, 6.07) is 39.5. The van der Waals surface area contributed by atoms with E-state index in [9.17, 15) is 0 Å². The molecular weight excluding hydrogens is 1030 g/mol. The summed E-state index contributed by atoms with van der Waals surface area (Å²) >= 11 is 2.10. The van der Waals surface area contributed by atoms with Crippen LogP contribution in [-0.4, -0.2) is 6.71 Å². The van der Waals surface area contributed by atoms with Crippen molar-refractivity contribution in [3.63, 3.8) is 0 Å². The molecule has 442 valence electrons. The van der Waals surface area contributed by atoms with E-state index in [1.54, 1.807) is 5.56 Å². The van der Waals surface area contributed by atoms with Crippen LogP contribution in [-0.2, 0) is 48.7 Å². The zero-order chi connectivity index (χ0) is 60.8. The van der Waals surface area contributed by atoms with Gasteiger partial charge in [0.1, 0.15) is 0 Å². The summed E-state index contributed by atoms with van der Waals surface area (Å²) in [4.78, 5) is 5.70. The van der Waals surface area contributed by atoms with E-state index in [1.165, 1.54) is 172 Å². The van der Waals surface area contributed by atoms with Crippen LogP contribution in [0.3, 0.4) is 0 Å². The summed E-state index contributed by atoms with van der Waals surface area (Å²) in [5.74, 6) is 0.481. The third-order valence-corrected chi connectivity index (χ3v) is 22.9. The Labute approximate surface area is 514 Å². The lowest BCUT2D eigenvalue weighted by Gasteiger charge is -2.46. The zero-order valence-corrected chi connectivity index (χ0v) is 57.3. The van der Waals surface area contributed by atoms with E-state index in [-0.39, 0.29) is 55.4 Å². The maximum atomic E-state index is 2.85. The van der Waals surface area contributed by atoms with Gasteiger partial charge in [-0.05, 0) is 220 Å². The molecule has 2 nitrogen and oxygen atoms in total. The second kappa shape index (κ2) is 19.2. The standard InChI is InChI=1S/C80H103BN2S/c1-72(2,3)51-29-30-64-63(43-51)81-69-66(82(56-41-54(75(10,11)12)40-55(42-56)76(13,14)15)70-58-45-60-62(47-68(58)84-71(70)81)80(22,23)34-32-78(60,18)19)37-49(48-27-25-24-26-28-48)38-67(69)83(64)65-46-61-59(77(16,17)31-33-79(61,20)21)44-57(65)50-35-52(73(4,5)6)39-53(36-50)74(7,8)9/h29-30,35-48H,24-28,31-34H2,1-23H3. The van der Waals surface area contributed by atoms with Gasteiger partial charge < -0.3 is 9.80 Å². The number of anilines is 6. The van der Waals surface area contributed by atoms with E-state index in [0.717, 1.165) is 6.42 Å². The molecular formula is C80H103BN2S. The van der Waals surface area contributed by atoms with Gasteiger partial charge in [0, 0.05) is 43.2 Å². The van der Waals surface area contributed by atoms with Crippen LogP contribution in [0.15, 0.2) is 91.0 Å². The van der Waals surface area contributed by atoms with Gasteiger partial charge in [-0.3, -0.25) is 0 Å². The molecule has 0 spiro atoms. The highest BCUT2D eigenvalue weighted by molar-refractivity contribution is 7.33. The quantitative estimate of drug-likeness (QED) is 0.162. The zero-order valence-electron chi connectivity index (χ0n) is 56.5. The van der Waals surface area contributed by atoms with Crippen LogP contribution in [0.4, 0.5) is 34.1 Å². The Kier molecular flexibility index (Phi) is 13.6. The average molecular weight is 1140 g/mol. The number of nitrogens with zero attached hydrogens (tertiary/aromatic N) is 2. The third kappa shape index (κ3) is 9.88. The number of thiophene rings is 1. The van der Waals surface area contributed by atoms with Crippen molar-refractivity contribution in [2.45, 2.75) is 272 Å². The maximum Gasteiger partial charge on any atom is 0.264 e. The summed E-state index contributed by atoms with van der Waals surface area (Å²) in [7, 11) is 0. The van der Waals surface area contributed by atoms with Gasteiger partial charge in [0.05, 0.1) is 11.4 Å². The predicted molar refractivity (Wildman–Crippen MR) is 371 cm³/mol. The lowest BCUT2D eigenvalue weighted by Crippen LogP contribution is -2.60. The Hall–Kier alpha value is -5.06. The molecule has 0 amide bonds. The molecule has 2 aliphatic heterocycles. The van der Waals surface area contributed by atoms with Crippen molar-refractivity contribution in [1.29, 1.82) is 0 Å². The van der Waals surface area contributed by atoms with Gasteiger partial charge >= 0.3 is 0 Å². The molecule has 3 aliphatic carbocycles. The number of rotatable bonds is 4. The summed E-state index contributed by atoms with van der Waals surface area (Å²) in [5.41, 5.74) is 28.1. The third-order valence-electron chi connectivity index (χ3n) is 21.7. The van der Waals surface area contributed by atoms with E-state index in [0.29, 0.717) is 5.92 Å². The summed E-state index contributed by atoms with van der Waals surface area (Å²) in [6.07, 6.45) is 11.1. The maximum absolute atomic E-state index is 2.85. The average Bonchev–Trinajstić information content (AvgIpc) is 1.24. The van der Waals surface area contributed by atoms with Crippen molar-refractivity contribution < 1.29 is 0 Å². The molecule has 84 heavy (non-hydrogen) atoms. The molecule has 5 aliphatic rings. The number of benzene rings is 6. The molecule has 4 heteroatoms. The normalized spacial score (nSPS) is 19.2. The van der Waals surface area contributed by atoms with Crippen molar-refractivity contribution >= 4 is 78.0 Å². The van der Waals surface area contributed by atoms with E-state index in [4.69, 9.17) is 0 Å². The van der Waals surface area contributed by atoms with Crippen molar-refractivity contribution in [2.24, 2.45) is 0 Å². The fourth-order valence-corrected chi connectivity index (χ4v) is 16.8. The molecule has 1 aromatic heterocycles. The van der Waals surface area contributed by atoms with E-state index in [2.05, 4.69) is 271 Å². The first-order chi connectivity index (χ1) is 38.7. The van der Waals surface area contributed by atoms with Gasteiger partial charge in [-0.15, -0.1) is 11.3 Å². The molecule has 1 saturated carbocycles. The fraction of sp³-hybridized carbons (Fsp3) is 0.525. The van der Waals surface area contributed by atoms with Crippen molar-refractivity contribution in [1.82, 2.24) is 0 Å². The molecule has 0 unspecified atom stereocenters. The molecule has 7 aromatic rings. The smallest absolute Gasteiger partial charge is 0.264 e. The molecule has 0 atom stereocenters. The molecule has 12 rings (SSSR count). The van der Waals surface area contributed by atoms with E-state index in [1.807, 2.05) is 0 Å². The van der Waals surface area contributed by atoms with Crippen molar-refractivity contribution in [3.05, 3.63) is 147 Å². The molecule has 0 bridgehead atoms. The Bertz CT molecular complexity index is 3740. The van der Waals surface area contributed by atoms with Crippen LogP contribution >= 0.6 is 11.3 Å². The predicted octanol–water partition coefficient (Wildman–Crippen LogP) is 21.9. The van der Waals surface area contributed by atoms with Gasteiger partial charge in [0.25, 0.3) is 6.71 Å². The van der Waals surface area contributed by atoms with Crippen LogP contribution in [0.1, 0.15) is 279 Å². The Morgan fingerprint density at radius 3 is 1.38 bits per heavy atom. The van der Waals surface area contributed by atoms with E-state index < -0.39 is 0 Å². The molecule has 1 fully saturated rings. The van der Waals surface area contributed by atoms with Gasteiger partial charge in [-0.25, -0.2) is 0 Å². The fourth-order valence-electron chi connectivity index (χ4n) is 15.5. The van der Waals surface area contributed by atoms with Crippen LogP contribution in [0.2, 0.25) is 0 Å². The van der Waals surface area contributed by atoms with Crippen molar-refractivity contribution in [3.8, 4) is 11.1 Å². The monoisotopic (exact) mass is 1130 g/mol. The summed E-state index contributed by atoms with van der Waals surface area (Å²) in [5, 5.41) is 1.42. The molecule has 0 N–H and O–H groups in total. The summed E-state index contributed by atoms with van der Waals surface area (Å²) in [6.45, 7) is 56.3. The first kappa shape index (κ1) is 59.3. The summed E-state index contributed by atoms with van der Waals surface area (Å²) < 4.78 is 2.90. The molecule has 3 heterocycles. The largest absolute Gasteiger partial charge is 0.311 e. The van der Waals surface area contributed by atoms with Gasteiger partial charge in [-0.1, -0.05) is 215 Å². The van der Waals surface area contributed by atoms with Crippen molar-refractivity contribution in [2.75, 3.05) is 9.80 Å². The highest BCUT2D eigenvalue weighted by Gasteiger charge is 2.49. The lowest BCUT2D eigenvalue weighted by molar-refractivity contribution is 0.332. The first-order valence-corrected chi connectivity index (χ1v) is 33.6. The SMILES string of the molecule is CC(C)(C)c1cc(-c2cc3c(cc2N2c4ccc(C(C)(C)C)cc4B4c5sc6cc7c(cc6c5N(c5cc(C(C)(C)C)cc(C(C)(C)C)c5)c5cc(C6CCCCC6)cc2c54)C(C)(C)CCC7(C)C)C(C)(C)CCC3(C)C)cc(C(C)(C)C)c1. The first-order valence-electron chi connectivity index (χ1n) is 32.8. The molecule has 0 radical (unpaired) electrons. The Balaban J connectivity index is 1.28.